The maximum Gasteiger partial charge on any atom is 0.124 e. The van der Waals surface area contributed by atoms with Crippen LogP contribution in [0.3, 0.4) is 0 Å². The average Bonchev–Trinajstić information content (AvgIpc) is 2.85. The van der Waals surface area contributed by atoms with E-state index in [1.807, 2.05) is 6.92 Å². The Kier molecular flexibility index (Phi) is 25.2. The zero-order chi connectivity index (χ0) is 26.9. The van der Waals surface area contributed by atoms with Crippen molar-refractivity contribution in [2.45, 2.75) is 161 Å². The fourth-order valence-electron chi connectivity index (χ4n) is 4.55. The van der Waals surface area contributed by atoms with E-state index < -0.39 is 29.9 Å². The normalized spacial score (nSPS) is 11.2. The Morgan fingerprint density at radius 1 is 0.556 bits per heavy atom. The molecule has 0 amide bonds. The van der Waals surface area contributed by atoms with Gasteiger partial charge in [0.1, 0.15) is 10.1 Å². The summed E-state index contributed by atoms with van der Waals surface area (Å²) in [6, 6.07) is 5.78. The second-order valence-corrected chi connectivity index (χ2v) is 20.5. The number of aryl methyl sites for hydroxylation is 1. The fourth-order valence-corrected chi connectivity index (χ4v) is 13.6. The number of rotatable bonds is 22. The molecule has 0 aliphatic carbocycles. The van der Waals surface area contributed by atoms with Crippen molar-refractivity contribution in [3.8, 4) is 0 Å². The summed E-state index contributed by atoms with van der Waals surface area (Å²) in [6.07, 6.45) is 26.9. The third-order valence-electron chi connectivity index (χ3n) is 6.96. The predicted octanol–water partition coefficient (Wildman–Crippen LogP) is 10.5. The van der Waals surface area contributed by atoms with Crippen molar-refractivity contribution in [2.75, 3.05) is 0 Å². The molecular formula is C31H58O3SSn. The monoisotopic (exact) mass is 630 g/mol. The molecule has 3 nitrogen and oxygen atoms in total. The van der Waals surface area contributed by atoms with Gasteiger partial charge in [0, 0.05) is 0 Å². The van der Waals surface area contributed by atoms with E-state index in [9.17, 15) is 13.0 Å². The van der Waals surface area contributed by atoms with Crippen molar-refractivity contribution in [1.82, 2.24) is 0 Å². The van der Waals surface area contributed by atoms with Crippen molar-refractivity contribution in [3.63, 3.8) is 0 Å². The van der Waals surface area contributed by atoms with E-state index in [-0.39, 0.29) is 4.90 Å². The van der Waals surface area contributed by atoms with Gasteiger partial charge in [-0.25, -0.2) is 8.42 Å². The second kappa shape index (κ2) is 25.2. The van der Waals surface area contributed by atoms with Crippen LogP contribution in [0.1, 0.15) is 142 Å². The van der Waals surface area contributed by atoms with Gasteiger partial charge < -0.3 is 4.55 Å². The Hall–Kier alpha value is -0.0713. The summed E-state index contributed by atoms with van der Waals surface area (Å²) in [5.74, 6) is 0. The predicted molar refractivity (Wildman–Crippen MR) is 159 cm³/mol. The minimum absolute atomic E-state index is 0.178. The molecule has 0 N–H and O–H groups in total. The smallest absolute Gasteiger partial charge is 0.124 e. The minimum Gasteiger partial charge on any atom is -0.744 e. The van der Waals surface area contributed by atoms with Crippen LogP contribution >= 0.6 is 0 Å². The summed E-state index contributed by atoms with van der Waals surface area (Å²) in [5.41, 5.74) is 0.928. The molecule has 0 spiro atoms. The van der Waals surface area contributed by atoms with Gasteiger partial charge in [-0.1, -0.05) is 17.7 Å². The molecule has 0 aliphatic rings. The van der Waals surface area contributed by atoms with Gasteiger partial charge in [0.25, 0.3) is 0 Å². The van der Waals surface area contributed by atoms with Crippen molar-refractivity contribution < 1.29 is 13.0 Å². The Morgan fingerprint density at radius 3 is 1.17 bits per heavy atom. The van der Waals surface area contributed by atoms with Crippen LogP contribution < -0.4 is 0 Å². The molecule has 0 fully saturated rings. The van der Waals surface area contributed by atoms with Gasteiger partial charge in [-0.15, -0.1) is 0 Å². The molecule has 5 heteroatoms. The first kappa shape index (κ1) is 35.9. The van der Waals surface area contributed by atoms with Crippen LogP contribution in [0.5, 0.6) is 0 Å². The van der Waals surface area contributed by atoms with Crippen LogP contribution in [0.4, 0.5) is 0 Å². The van der Waals surface area contributed by atoms with Gasteiger partial charge in [0.2, 0.25) is 0 Å². The molecule has 1 aromatic rings. The number of unbranched alkanes of at least 4 members (excludes halogenated alkanes) is 15. The standard InChI is InChI=1S/3C8H17.C7H8O3S.Sn/c3*1-3-5-7-8-6-4-2;1-6-2-4-7(5-3-6)11(8,9)10;/h3*1,3-8H2,2H3;2-5H,1H3,(H,8,9,10);/q;;;;+1/p-1. The van der Waals surface area contributed by atoms with Crippen molar-refractivity contribution in [1.29, 1.82) is 0 Å². The van der Waals surface area contributed by atoms with Crippen LogP contribution in [0.25, 0.3) is 0 Å². The van der Waals surface area contributed by atoms with Crippen molar-refractivity contribution >= 4 is 29.9 Å². The zero-order valence-corrected chi connectivity index (χ0v) is 28.0. The molecule has 0 bridgehead atoms. The van der Waals surface area contributed by atoms with Crippen LogP contribution in [0.15, 0.2) is 29.2 Å². The molecule has 0 atom stereocenters. The van der Waals surface area contributed by atoms with E-state index in [1.54, 1.807) is 44.7 Å². The largest absolute Gasteiger partial charge is 0.744 e. The summed E-state index contributed by atoms with van der Waals surface area (Å²) in [6.45, 7) is 8.80. The summed E-state index contributed by atoms with van der Waals surface area (Å²) in [5, 5.41) is 0. The molecule has 0 unspecified atom stereocenters. The average molecular weight is 630 g/mol. The summed E-state index contributed by atoms with van der Waals surface area (Å²) < 4.78 is 36.3. The number of benzene rings is 1. The summed E-state index contributed by atoms with van der Waals surface area (Å²) in [4.78, 5) is -0.178. The molecule has 0 radical (unpaired) electrons. The molecule has 0 saturated carbocycles. The van der Waals surface area contributed by atoms with Crippen molar-refractivity contribution in [3.05, 3.63) is 29.8 Å². The Morgan fingerprint density at radius 2 is 0.861 bits per heavy atom. The van der Waals surface area contributed by atoms with Crippen LogP contribution in [-0.2, 0) is 10.1 Å². The van der Waals surface area contributed by atoms with Gasteiger partial charge in [-0.2, -0.15) is 0 Å². The Labute approximate surface area is 233 Å². The first-order valence-electron chi connectivity index (χ1n) is 15.2. The van der Waals surface area contributed by atoms with Gasteiger partial charge >= 0.3 is 169 Å². The zero-order valence-electron chi connectivity index (χ0n) is 24.3. The molecule has 36 heavy (non-hydrogen) atoms. The van der Waals surface area contributed by atoms with Crippen LogP contribution in [0.2, 0.25) is 13.3 Å². The molecule has 0 heterocycles. The van der Waals surface area contributed by atoms with E-state index in [1.165, 1.54) is 108 Å². The molecule has 0 aliphatic heterocycles. The molecule has 210 valence electrons. The first-order valence-corrected chi connectivity index (χ1v) is 22.7. The maximum atomic E-state index is 10.4. The number of hydrogen-bond donors (Lipinski definition) is 0. The van der Waals surface area contributed by atoms with E-state index >= 15 is 0 Å². The second-order valence-electron chi connectivity index (χ2n) is 10.6. The van der Waals surface area contributed by atoms with Gasteiger partial charge in [-0.05, 0) is 19.1 Å². The number of hydrogen-bond acceptors (Lipinski definition) is 3. The van der Waals surface area contributed by atoms with E-state index in [2.05, 4.69) is 20.8 Å². The van der Waals surface area contributed by atoms with Crippen LogP contribution in [-0.4, -0.2) is 32.7 Å². The van der Waals surface area contributed by atoms with Gasteiger partial charge in [0.15, 0.2) is 0 Å². The third kappa shape index (κ3) is 23.1. The SMILES string of the molecule is CCCCCCC[CH2][Sn+]([CH2]CCCCCCC)[CH2]CCCCCCC.Cc1ccc(S(=O)(=O)[O-])cc1. The Balaban J connectivity index is 0.000000918. The molecule has 0 saturated heterocycles. The summed E-state index contributed by atoms with van der Waals surface area (Å²) >= 11 is -1.02. The third-order valence-corrected chi connectivity index (χ3v) is 16.9. The van der Waals surface area contributed by atoms with E-state index in [4.69, 9.17) is 0 Å². The van der Waals surface area contributed by atoms with Crippen molar-refractivity contribution in [2.24, 2.45) is 0 Å². The minimum atomic E-state index is -4.27. The molecular weight excluding hydrogens is 571 g/mol. The molecule has 1 aromatic carbocycles. The van der Waals surface area contributed by atoms with Crippen LogP contribution in [0, 0.1) is 6.92 Å². The Bertz CT molecular complexity index is 650. The van der Waals surface area contributed by atoms with E-state index in [0.717, 1.165) is 5.56 Å². The quantitative estimate of drug-likeness (QED) is 0.0729. The summed E-state index contributed by atoms with van der Waals surface area (Å²) in [7, 11) is -4.27. The topological polar surface area (TPSA) is 57.2 Å². The fraction of sp³-hybridized carbons (Fsp3) is 0.806. The van der Waals surface area contributed by atoms with Gasteiger partial charge in [0.05, 0.1) is 4.90 Å². The van der Waals surface area contributed by atoms with E-state index in [0.29, 0.717) is 0 Å². The first-order chi connectivity index (χ1) is 17.3. The maximum absolute atomic E-state index is 10.4. The molecule has 0 aromatic heterocycles. The van der Waals surface area contributed by atoms with Gasteiger partial charge in [-0.3, -0.25) is 0 Å². The molecule has 1 rings (SSSR count).